The zero-order valence-corrected chi connectivity index (χ0v) is 15.7. The highest BCUT2D eigenvalue weighted by atomic mass is 19.1. The molecule has 146 valence electrons. The molecular formula is C22H24FN3O2. The molecule has 2 aromatic rings. The molecule has 2 fully saturated rings. The second-order valence-electron chi connectivity index (χ2n) is 7.44. The highest BCUT2D eigenvalue weighted by molar-refractivity contribution is 5.95. The predicted octanol–water partition coefficient (Wildman–Crippen LogP) is 3.06. The predicted molar refractivity (Wildman–Crippen MR) is 105 cm³/mol. The summed E-state index contributed by atoms with van der Waals surface area (Å²) < 4.78 is 13.1. The summed E-state index contributed by atoms with van der Waals surface area (Å²) in [5.41, 5.74) is 1.47. The van der Waals surface area contributed by atoms with Gasteiger partial charge in [0.05, 0.1) is 0 Å². The first kappa shape index (κ1) is 18.6. The van der Waals surface area contributed by atoms with E-state index in [0.29, 0.717) is 31.9 Å². The summed E-state index contributed by atoms with van der Waals surface area (Å²) in [5, 5.41) is 2.90. The minimum Gasteiger partial charge on any atom is -0.340 e. The average Bonchev–Trinajstić information content (AvgIpc) is 3.56. The molecule has 1 atom stereocenters. The lowest BCUT2D eigenvalue weighted by atomic mass is 10.0. The van der Waals surface area contributed by atoms with Crippen LogP contribution >= 0.6 is 0 Å². The lowest BCUT2D eigenvalue weighted by Gasteiger charge is -2.39. The molecule has 6 heteroatoms. The average molecular weight is 381 g/mol. The summed E-state index contributed by atoms with van der Waals surface area (Å²) in [6.45, 7) is 2.58. The molecule has 1 saturated heterocycles. The van der Waals surface area contributed by atoms with Crippen molar-refractivity contribution in [3.8, 4) is 0 Å². The Bertz CT molecular complexity index is 829. The van der Waals surface area contributed by atoms with Crippen LogP contribution in [-0.2, 0) is 9.59 Å². The Labute approximate surface area is 164 Å². The van der Waals surface area contributed by atoms with Gasteiger partial charge in [-0.1, -0.05) is 30.3 Å². The summed E-state index contributed by atoms with van der Waals surface area (Å²) >= 11 is 0. The van der Waals surface area contributed by atoms with E-state index in [4.69, 9.17) is 0 Å². The molecule has 1 aliphatic carbocycles. The van der Waals surface area contributed by atoms with E-state index in [-0.39, 0.29) is 23.5 Å². The number of nitrogens with one attached hydrogen (secondary N) is 1. The Morgan fingerprint density at radius 3 is 2.18 bits per heavy atom. The van der Waals surface area contributed by atoms with E-state index in [1.165, 1.54) is 12.1 Å². The molecule has 0 unspecified atom stereocenters. The Morgan fingerprint density at radius 1 is 0.929 bits per heavy atom. The van der Waals surface area contributed by atoms with Crippen molar-refractivity contribution in [3.05, 3.63) is 66.0 Å². The van der Waals surface area contributed by atoms with Crippen molar-refractivity contribution in [3.63, 3.8) is 0 Å². The fourth-order valence-corrected chi connectivity index (χ4v) is 3.70. The molecule has 1 saturated carbocycles. The van der Waals surface area contributed by atoms with Crippen LogP contribution in [0.2, 0.25) is 0 Å². The molecule has 0 bridgehead atoms. The Kier molecular flexibility index (Phi) is 5.39. The van der Waals surface area contributed by atoms with Gasteiger partial charge in [-0.3, -0.25) is 14.5 Å². The number of piperazine rings is 1. The number of nitrogens with zero attached hydrogens (tertiary/aromatic N) is 2. The highest BCUT2D eigenvalue weighted by Gasteiger charge is 2.36. The smallest absolute Gasteiger partial charge is 0.246 e. The maximum Gasteiger partial charge on any atom is 0.246 e. The number of carbonyl (C=O) groups excluding carboxylic acids is 2. The van der Waals surface area contributed by atoms with Crippen LogP contribution in [0, 0.1) is 11.7 Å². The molecule has 0 radical (unpaired) electrons. The van der Waals surface area contributed by atoms with Crippen molar-refractivity contribution in [1.82, 2.24) is 9.80 Å². The number of rotatable bonds is 5. The molecule has 2 aromatic carbocycles. The number of hydrogen-bond donors (Lipinski definition) is 1. The third kappa shape index (κ3) is 4.22. The fraction of sp³-hybridized carbons (Fsp3) is 0.364. The lowest BCUT2D eigenvalue weighted by molar-refractivity contribution is -0.135. The first-order valence-electron chi connectivity index (χ1n) is 9.76. The van der Waals surface area contributed by atoms with Crippen molar-refractivity contribution in [2.45, 2.75) is 18.9 Å². The number of benzene rings is 2. The summed E-state index contributed by atoms with van der Waals surface area (Å²) in [7, 11) is 0. The van der Waals surface area contributed by atoms with E-state index in [9.17, 15) is 14.0 Å². The summed E-state index contributed by atoms with van der Waals surface area (Å²) in [4.78, 5) is 29.5. The molecule has 0 spiro atoms. The summed E-state index contributed by atoms with van der Waals surface area (Å²) in [6.07, 6.45) is 2.01. The van der Waals surface area contributed by atoms with Crippen LogP contribution in [0.1, 0.15) is 24.4 Å². The molecule has 0 aromatic heterocycles. The Morgan fingerprint density at radius 2 is 1.57 bits per heavy atom. The highest BCUT2D eigenvalue weighted by Crippen LogP contribution is 2.32. The molecule has 5 nitrogen and oxygen atoms in total. The van der Waals surface area contributed by atoms with Crippen LogP contribution < -0.4 is 5.32 Å². The van der Waals surface area contributed by atoms with Gasteiger partial charge in [-0.05, 0) is 42.7 Å². The zero-order valence-electron chi connectivity index (χ0n) is 15.7. The van der Waals surface area contributed by atoms with Gasteiger partial charge >= 0.3 is 0 Å². The number of hydrogen-bond acceptors (Lipinski definition) is 3. The van der Waals surface area contributed by atoms with Gasteiger partial charge in [0.15, 0.2) is 0 Å². The van der Waals surface area contributed by atoms with Crippen molar-refractivity contribution in [1.29, 1.82) is 0 Å². The van der Waals surface area contributed by atoms with E-state index >= 15 is 0 Å². The summed E-state index contributed by atoms with van der Waals surface area (Å²) in [5.74, 6) is -0.0150. The zero-order chi connectivity index (χ0) is 19.5. The van der Waals surface area contributed by atoms with E-state index in [1.807, 2.05) is 35.2 Å². The standard InChI is InChI=1S/C22H24FN3O2/c23-18-8-10-19(11-9-18)24-21(27)20(16-4-2-1-3-5-16)25-12-14-26(15-13-25)22(28)17-6-7-17/h1-5,8-11,17,20H,6-7,12-15H2,(H,24,27)/t20-/m1/s1. The van der Waals surface area contributed by atoms with Crippen molar-refractivity contribution in [2.75, 3.05) is 31.5 Å². The van der Waals surface area contributed by atoms with Crippen LogP contribution in [0.25, 0.3) is 0 Å². The number of amides is 2. The first-order chi connectivity index (χ1) is 13.6. The molecule has 1 N–H and O–H groups in total. The maximum atomic E-state index is 13.1. The molecule has 1 heterocycles. The minimum absolute atomic E-state index is 0.153. The van der Waals surface area contributed by atoms with Crippen molar-refractivity contribution < 1.29 is 14.0 Å². The number of anilines is 1. The van der Waals surface area contributed by atoms with E-state index in [0.717, 1.165) is 18.4 Å². The van der Waals surface area contributed by atoms with Gasteiger partial charge in [-0.15, -0.1) is 0 Å². The van der Waals surface area contributed by atoms with Crippen LogP contribution in [-0.4, -0.2) is 47.8 Å². The third-order valence-corrected chi connectivity index (χ3v) is 5.39. The molecule has 4 rings (SSSR count). The van der Waals surface area contributed by atoms with Crippen LogP contribution in [0.15, 0.2) is 54.6 Å². The summed E-state index contributed by atoms with van der Waals surface area (Å²) in [6, 6.07) is 15.0. The largest absolute Gasteiger partial charge is 0.340 e. The quantitative estimate of drug-likeness (QED) is 0.866. The lowest BCUT2D eigenvalue weighted by Crippen LogP contribution is -2.52. The number of halogens is 1. The maximum absolute atomic E-state index is 13.1. The second-order valence-corrected chi connectivity index (χ2v) is 7.44. The van der Waals surface area contributed by atoms with Gasteiger partial charge in [-0.25, -0.2) is 4.39 Å². The number of carbonyl (C=O) groups is 2. The van der Waals surface area contributed by atoms with Gasteiger partial charge < -0.3 is 10.2 Å². The fourth-order valence-electron chi connectivity index (χ4n) is 3.70. The topological polar surface area (TPSA) is 52.7 Å². The monoisotopic (exact) mass is 381 g/mol. The van der Waals surface area contributed by atoms with Crippen LogP contribution in [0.3, 0.4) is 0 Å². The SMILES string of the molecule is O=C(Nc1ccc(F)cc1)[C@@H](c1ccccc1)N1CCN(C(=O)C2CC2)CC1. The van der Waals surface area contributed by atoms with Crippen LogP contribution in [0.5, 0.6) is 0 Å². The molecular weight excluding hydrogens is 357 g/mol. The van der Waals surface area contributed by atoms with E-state index in [1.54, 1.807) is 12.1 Å². The van der Waals surface area contributed by atoms with E-state index < -0.39 is 6.04 Å². The molecule has 2 aliphatic rings. The van der Waals surface area contributed by atoms with Crippen LogP contribution in [0.4, 0.5) is 10.1 Å². The molecule has 28 heavy (non-hydrogen) atoms. The van der Waals surface area contributed by atoms with Gasteiger partial charge in [0.1, 0.15) is 11.9 Å². The Hall–Kier alpha value is -2.73. The normalized spacial score (nSPS) is 18.5. The molecule has 2 amide bonds. The Balaban J connectivity index is 1.48. The van der Waals surface area contributed by atoms with E-state index in [2.05, 4.69) is 10.2 Å². The van der Waals surface area contributed by atoms with Crippen molar-refractivity contribution >= 4 is 17.5 Å². The molecule has 1 aliphatic heterocycles. The third-order valence-electron chi connectivity index (χ3n) is 5.39. The van der Waals surface area contributed by atoms with Gasteiger partial charge in [-0.2, -0.15) is 0 Å². The minimum atomic E-state index is -0.454. The van der Waals surface area contributed by atoms with Gasteiger partial charge in [0, 0.05) is 37.8 Å². The van der Waals surface area contributed by atoms with Crippen molar-refractivity contribution in [2.24, 2.45) is 5.92 Å². The first-order valence-corrected chi connectivity index (χ1v) is 9.76. The van der Waals surface area contributed by atoms with Gasteiger partial charge in [0.25, 0.3) is 0 Å². The van der Waals surface area contributed by atoms with Gasteiger partial charge in [0.2, 0.25) is 11.8 Å². The second kappa shape index (κ2) is 8.10.